The first kappa shape index (κ1) is 16.2. The third-order valence-electron chi connectivity index (χ3n) is 2.86. The summed E-state index contributed by atoms with van der Waals surface area (Å²) in [5, 5.41) is 0. The minimum absolute atomic E-state index is 0.278. The summed E-state index contributed by atoms with van der Waals surface area (Å²) in [5.74, 6) is 1.15. The fourth-order valence-electron chi connectivity index (χ4n) is 1.82. The summed E-state index contributed by atoms with van der Waals surface area (Å²) in [4.78, 5) is 11.4. The molecular weight excluding hydrogens is 350 g/mol. The van der Waals surface area contributed by atoms with Crippen LogP contribution in [0.2, 0.25) is 0 Å². The van der Waals surface area contributed by atoms with Crippen LogP contribution in [0.5, 0.6) is 17.2 Å². The molecule has 0 saturated heterocycles. The molecular formula is C16H16BrNO4. The first-order chi connectivity index (χ1) is 10.6. The number of hydrogen-bond donors (Lipinski definition) is 1. The Morgan fingerprint density at radius 3 is 2.55 bits per heavy atom. The lowest BCUT2D eigenvalue weighted by Gasteiger charge is -2.12. The van der Waals surface area contributed by atoms with Gasteiger partial charge in [0, 0.05) is 10.5 Å². The zero-order valence-corrected chi connectivity index (χ0v) is 13.6. The van der Waals surface area contributed by atoms with Gasteiger partial charge in [0.05, 0.1) is 12.7 Å². The molecule has 116 valence electrons. The first-order valence-corrected chi connectivity index (χ1v) is 7.38. The van der Waals surface area contributed by atoms with E-state index >= 15 is 0 Å². The lowest BCUT2D eigenvalue weighted by molar-refractivity contribution is 0.0995. The summed E-state index contributed by atoms with van der Waals surface area (Å²) >= 11 is 3.37. The molecule has 0 atom stereocenters. The van der Waals surface area contributed by atoms with Crippen LogP contribution in [0.3, 0.4) is 0 Å². The maximum atomic E-state index is 11.4. The highest BCUT2D eigenvalue weighted by atomic mass is 79.9. The van der Waals surface area contributed by atoms with Crippen molar-refractivity contribution >= 4 is 21.8 Å². The van der Waals surface area contributed by atoms with Crippen LogP contribution in [0, 0.1) is 0 Å². The molecule has 2 aromatic carbocycles. The second kappa shape index (κ2) is 7.70. The molecule has 0 aliphatic carbocycles. The van der Waals surface area contributed by atoms with E-state index in [-0.39, 0.29) is 6.61 Å². The van der Waals surface area contributed by atoms with Gasteiger partial charge in [0.2, 0.25) is 0 Å². The van der Waals surface area contributed by atoms with E-state index in [2.05, 4.69) is 15.9 Å². The van der Waals surface area contributed by atoms with Gasteiger partial charge in [-0.2, -0.15) is 0 Å². The van der Waals surface area contributed by atoms with Gasteiger partial charge in [-0.15, -0.1) is 0 Å². The van der Waals surface area contributed by atoms with E-state index in [4.69, 9.17) is 19.9 Å². The van der Waals surface area contributed by atoms with Crippen molar-refractivity contribution in [2.24, 2.45) is 5.73 Å². The minimum atomic E-state index is -0.550. The van der Waals surface area contributed by atoms with E-state index in [1.165, 1.54) is 0 Å². The Labute approximate surface area is 137 Å². The number of hydrogen-bond acceptors (Lipinski definition) is 4. The third kappa shape index (κ3) is 4.39. The van der Waals surface area contributed by atoms with E-state index in [9.17, 15) is 4.79 Å². The highest BCUT2D eigenvalue weighted by Gasteiger charge is 2.10. The smallest absolute Gasteiger partial charge is 0.252 e. The predicted molar refractivity (Wildman–Crippen MR) is 86.6 cm³/mol. The first-order valence-electron chi connectivity index (χ1n) is 6.59. The maximum Gasteiger partial charge on any atom is 0.252 e. The van der Waals surface area contributed by atoms with Gasteiger partial charge in [0.1, 0.15) is 30.5 Å². The van der Waals surface area contributed by atoms with Gasteiger partial charge in [0.25, 0.3) is 5.91 Å². The fraction of sp³-hybridized carbons (Fsp3) is 0.188. The second-order valence-electron chi connectivity index (χ2n) is 4.38. The summed E-state index contributed by atoms with van der Waals surface area (Å²) in [6.07, 6.45) is 0. The summed E-state index contributed by atoms with van der Waals surface area (Å²) in [6, 6.07) is 12.4. The van der Waals surface area contributed by atoms with E-state index < -0.39 is 5.91 Å². The SMILES string of the molecule is COc1ccc(C(N)=O)c(OCCOc2cccc(Br)c2)c1. The highest BCUT2D eigenvalue weighted by Crippen LogP contribution is 2.24. The molecule has 1 amide bonds. The van der Waals surface area contributed by atoms with Crippen LogP contribution < -0.4 is 19.9 Å². The average Bonchev–Trinajstić information content (AvgIpc) is 2.51. The quantitative estimate of drug-likeness (QED) is 0.765. The molecule has 0 aromatic heterocycles. The number of amides is 1. The molecule has 0 unspecified atom stereocenters. The molecule has 2 N–H and O–H groups in total. The number of halogens is 1. The number of nitrogens with two attached hydrogens (primary N) is 1. The van der Waals surface area contributed by atoms with E-state index in [1.807, 2.05) is 24.3 Å². The maximum absolute atomic E-state index is 11.4. The number of rotatable bonds is 7. The Kier molecular flexibility index (Phi) is 5.66. The van der Waals surface area contributed by atoms with Crippen molar-refractivity contribution in [3.8, 4) is 17.2 Å². The van der Waals surface area contributed by atoms with Crippen molar-refractivity contribution in [3.05, 3.63) is 52.5 Å². The van der Waals surface area contributed by atoms with Crippen molar-refractivity contribution < 1.29 is 19.0 Å². The second-order valence-corrected chi connectivity index (χ2v) is 5.30. The monoisotopic (exact) mass is 365 g/mol. The number of carbonyl (C=O) groups is 1. The number of primary amides is 1. The Hall–Kier alpha value is -2.21. The molecule has 0 radical (unpaired) electrons. The minimum Gasteiger partial charge on any atom is -0.497 e. The lowest BCUT2D eigenvalue weighted by atomic mass is 10.2. The normalized spacial score (nSPS) is 10.1. The molecule has 6 heteroatoms. The van der Waals surface area contributed by atoms with Gasteiger partial charge >= 0.3 is 0 Å². The van der Waals surface area contributed by atoms with Crippen LogP contribution in [-0.2, 0) is 0 Å². The molecule has 0 bridgehead atoms. The topological polar surface area (TPSA) is 70.8 Å². The molecule has 0 fully saturated rings. The molecule has 2 aromatic rings. The number of methoxy groups -OCH3 is 1. The van der Waals surface area contributed by atoms with Crippen molar-refractivity contribution in [2.45, 2.75) is 0 Å². The standard InChI is InChI=1S/C16H16BrNO4/c1-20-12-5-6-14(16(18)19)15(10-12)22-8-7-21-13-4-2-3-11(17)9-13/h2-6,9-10H,7-8H2,1H3,(H2,18,19). The molecule has 2 rings (SSSR count). The highest BCUT2D eigenvalue weighted by molar-refractivity contribution is 9.10. The summed E-state index contributed by atoms with van der Waals surface area (Å²) in [6.45, 7) is 0.617. The van der Waals surface area contributed by atoms with Gasteiger partial charge < -0.3 is 19.9 Å². The lowest BCUT2D eigenvalue weighted by Crippen LogP contribution is -2.15. The summed E-state index contributed by atoms with van der Waals surface area (Å²) < 4.78 is 17.2. The van der Waals surface area contributed by atoms with Crippen LogP contribution in [0.15, 0.2) is 46.9 Å². The average molecular weight is 366 g/mol. The summed E-state index contributed by atoms with van der Waals surface area (Å²) in [5.41, 5.74) is 5.63. The van der Waals surface area contributed by atoms with Crippen molar-refractivity contribution in [2.75, 3.05) is 20.3 Å². The van der Waals surface area contributed by atoms with Gasteiger partial charge in [-0.3, -0.25) is 4.79 Å². The molecule has 0 aliphatic rings. The van der Waals surface area contributed by atoms with Gasteiger partial charge in [-0.1, -0.05) is 22.0 Å². The third-order valence-corrected chi connectivity index (χ3v) is 3.35. The number of benzene rings is 2. The Morgan fingerprint density at radius 1 is 1.09 bits per heavy atom. The molecule has 0 spiro atoms. The van der Waals surface area contributed by atoms with Crippen molar-refractivity contribution in [1.82, 2.24) is 0 Å². The molecule has 0 heterocycles. The van der Waals surface area contributed by atoms with Crippen LogP contribution in [0.25, 0.3) is 0 Å². The molecule has 0 aliphatic heterocycles. The van der Waals surface area contributed by atoms with Gasteiger partial charge in [-0.25, -0.2) is 0 Å². The summed E-state index contributed by atoms with van der Waals surface area (Å²) in [7, 11) is 1.54. The fourth-order valence-corrected chi connectivity index (χ4v) is 2.20. The Morgan fingerprint density at radius 2 is 1.86 bits per heavy atom. The molecule has 22 heavy (non-hydrogen) atoms. The van der Waals surface area contributed by atoms with Gasteiger partial charge in [-0.05, 0) is 30.3 Å². The largest absolute Gasteiger partial charge is 0.497 e. The van der Waals surface area contributed by atoms with Crippen LogP contribution in [0.1, 0.15) is 10.4 Å². The zero-order chi connectivity index (χ0) is 15.9. The van der Waals surface area contributed by atoms with E-state index in [1.54, 1.807) is 25.3 Å². The van der Waals surface area contributed by atoms with Crippen molar-refractivity contribution in [3.63, 3.8) is 0 Å². The van der Waals surface area contributed by atoms with E-state index in [0.29, 0.717) is 23.7 Å². The molecule has 0 saturated carbocycles. The Balaban J connectivity index is 1.94. The Bertz CT molecular complexity index is 660. The predicted octanol–water partition coefficient (Wildman–Crippen LogP) is 3.01. The van der Waals surface area contributed by atoms with Crippen LogP contribution in [0.4, 0.5) is 0 Å². The van der Waals surface area contributed by atoms with Crippen LogP contribution in [-0.4, -0.2) is 26.2 Å². The van der Waals surface area contributed by atoms with Crippen molar-refractivity contribution in [1.29, 1.82) is 0 Å². The number of ether oxygens (including phenoxy) is 3. The van der Waals surface area contributed by atoms with Crippen LogP contribution >= 0.6 is 15.9 Å². The zero-order valence-electron chi connectivity index (χ0n) is 12.0. The van der Waals surface area contributed by atoms with E-state index in [0.717, 1.165) is 10.2 Å². The molecule has 5 nitrogen and oxygen atoms in total. The number of carbonyl (C=O) groups excluding carboxylic acids is 1. The van der Waals surface area contributed by atoms with Gasteiger partial charge in [0.15, 0.2) is 0 Å².